The first kappa shape index (κ1) is 35.7. The monoisotopic (exact) mass is 571 g/mol. The van der Waals surface area contributed by atoms with Gasteiger partial charge >= 0.3 is 65.1 Å². The van der Waals surface area contributed by atoms with Crippen molar-refractivity contribution < 1.29 is 99.4 Å². The van der Waals surface area contributed by atoms with E-state index in [1.54, 1.807) is 13.8 Å². The van der Waals surface area contributed by atoms with Gasteiger partial charge in [-0.05, 0) is 49.2 Å². The maximum absolute atomic E-state index is 11.9. The number of urea groups is 1. The van der Waals surface area contributed by atoms with Crippen LogP contribution in [0.5, 0.6) is 0 Å². The molecule has 0 saturated carbocycles. The van der Waals surface area contributed by atoms with Crippen LogP contribution in [0, 0.1) is 0 Å². The summed E-state index contributed by atoms with van der Waals surface area (Å²) in [5.74, 6) is -0.578. The second kappa shape index (κ2) is 15.3. The van der Waals surface area contributed by atoms with E-state index >= 15 is 0 Å². The average molecular weight is 572 g/mol. The number of benzene rings is 2. The van der Waals surface area contributed by atoms with Gasteiger partial charge in [0.05, 0.1) is 9.79 Å². The first-order chi connectivity index (χ1) is 16.2. The molecule has 37 heavy (non-hydrogen) atoms. The van der Waals surface area contributed by atoms with Crippen LogP contribution in [0.1, 0.15) is 25.0 Å². The van der Waals surface area contributed by atoms with Crippen LogP contribution in [0.4, 0.5) is 16.2 Å². The number of rotatable bonds is 9. The van der Waals surface area contributed by atoms with E-state index in [-0.39, 0.29) is 94.3 Å². The van der Waals surface area contributed by atoms with Gasteiger partial charge in [0.15, 0.2) is 0 Å². The summed E-state index contributed by atoms with van der Waals surface area (Å²) in [6, 6.07) is 6.23. The van der Waals surface area contributed by atoms with Crippen molar-refractivity contribution in [2.75, 3.05) is 24.4 Å². The van der Waals surface area contributed by atoms with Crippen LogP contribution in [0.25, 0.3) is 12.2 Å². The van der Waals surface area contributed by atoms with Crippen LogP contribution in [0.3, 0.4) is 0 Å². The third-order valence-electron chi connectivity index (χ3n) is 4.25. The summed E-state index contributed by atoms with van der Waals surface area (Å²) in [5.41, 5.74) is -0.163. The molecule has 16 heteroatoms. The molecule has 3 N–H and O–H groups in total. The number of carbonyl (C=O) groups is 2. The van der Waals surface area contributed by atoms with Gasteiger partial charge in [0.25, 0.3) is 0 Å². The van der Waals surface area contributed by atoms with Gasteiger partial charge < -0.3 is 29.8 Å². The Morgan fingerprint density at radius 2 is 1.30 bits per heavy atom. The van der Waals surface area contributed by atoms with Crippen molar-refractivity contribution >= 4 is 55.7 Å². The molecular weight excluding hydrogens is 548 g/mol. The molecule has 0 aromatic heterocycles. The van der Waals surface area contributed by atoms with Gasteiger partial charge in [0, 0.05) is 24.5 Å². The Morgan fingerprint density at radius 3 is 1.68 bits per heavy atom. The third-order valence-corrected chi connectivity index (χ3v) is 6.03. The largest absolute Gasteiger partial charge is 1.00 e. The fourth-order valence-corrected chi connectivity index (χ4v) is 4.26. The van der Waals surface area contributed by atoms with Crippen molar-refractivity contribution in [2.45, 2.75) is 29.7 Å². The molecule has 190 valence electrons. The Labute approximate surface area is 259 Å². The van der Waals surface area contributed by atoms with E-state index < -0.39 is 42.0 Å². The van der Waals surface area contributed by atoms with Crippen molar-refractivity contribution in [3.63, 3.8) is 0 Å². The summed E-state index contributed by atoms with van der Waals surface area (Å²) < 4.78 is 75.3. The van der Waals surface area contributed by atoms with Crippen LogP contribution in [-0.4, -0.2) is 57.6 Å². The number of nitrogens with one attached hydrogen (secondary N) is 3. The van der Waals surface area contributed by atoms with E-state index in [4.69, 9.17) is 0 Å². The van der Waals surface area contributed by atoms with E-state index in [0.29, 0.717) is 0 Å². The van der Waals surface area contributed by atoms with Gasteiger partial charge in [-0.15, -0.1) is 0 Å². The van der Waals surface area contributed by atoms with Gasteiger partial charge in [-0.25, -0.2) is 21.6 Å². The minimum absolute atomic E-state index is 0. The summed E-state index contributed by atoms with van der Waals surface area (Å²) in [6.45, 7) is 3.15. The van der Waals surface area contributed by atoms with Crippen molar-refractivity contribution in [3.8, 4) is 0 Å². The Hall–Kier alpha value is -1.30. The quantitative estimate of drug-likeness (QED) is 0.152. The van der Waals surface area contributed by atoms with Gasteiger partial charge in [-0.1, -0.05) is 24.3 Å². The van der Waals surface area contributed by atoms with E-state index in [1.165, 1.54) is 31.4 Å². The van der Waals surface area contributed by atoms with Gasteiger partial charge in [0.2, 0.25) is 5.91 Å². The molecule has 0 saturated heterocycles. The second-order valence-corrected chi connectivity index (χ2v) is 10.2. The predicted octanol–water partition coefficient (Wildman–Crippen LogP) is -4.21. The Balaban J connectivity index is 0.00000648. The zero-order valence-electron chi connectivity index (χ0n) is 20.9. The van der Waals surface area contributed by atoms with Crippen LogP contribution in [0.2, 0.25) is 0 Å². The second-order valence-electron chi connectivity index (χ2n) is 7.48. The Kier molecular flexibility index (Phi) is 14.8. The molecular formula is C21H23N3Na2O9S2. The zero-order chi connectivity index (χ0) is 26.4. The zero-order valence-corrected chi connectivity index (χ0v) is 26.5. The van der Waals surface area contributed by atoms with Crippen LogP contribution >= 0.6 is 0 Å². The van der Waals surface area contributed by atoms with Gasteiger partial charge in [-0.2, -0.15) is 0 Å². The first-order valence-corrected chi connectivity index (χ1v) is 12.8. The molecule has 0 heterocycles. The SMILES string of the molecule is COCC(=O)Nc1ccc(/C=C/c2ccc(NC(=O)NC(C)C)cc2S(=O)(=O)[O-])c(S(=O)(=O)[O-])c1.[Na+].[Na+]. The molecule has 3 amide bonds. The fraction of sp³-hybridized carbons (Fsp3) is 0.238. The Bertz CT molecular complexity index is 1360. The number of hydrogen-bond donors (Lipinski definition) is 3. The molecule has 2 rings (SSSR count). The van der Waals surface area contributed by atoms with Crippen LogP contribution in [-0.2, 0) is 29.8 Å². The molecule has 0 fully saturated rings. The molecule has 0 spiro atoms. The van der Waals surface area contributed by atoms with E-state index in [2.05, 4.69) is 20.7 Å². The van der Waals surface area contributed by atoms with E-state index in [9.17, 15) is 35.5 Å². The number of hydrogen-bond acceptors (Lipinski definition) is 9. The summed E-state index contributed by atoms with van der Waals surface area (Å²) in [5, 5.41) is 7.32. The fourth-order valence-electron chi connectivity index (χ4n) is 2.87. The smallest absolute Gasteiger partial charge is 0.744 e. The van der Waals surface area contributed by atoms with Crippen molar-refractivity contribution in [2.24, 2.45) is 0 Å². The number of methoxy groups -OCH3 is 1. The van der Waals surface area contributed by atoms with E-state index in [1.807, 2.05) is 0 Å². The third kappa shape index (κ3) is 11.5. The van der Waals surface area contributed by atoms with Crippen LogP contribution < -0.4 is 75.1 Å². The maximum atomic E-state index is 11.9. The van der Waals surface area contributed by atoms with Crippen molar-refractivity contribution in [1.29, 1.82) is 0 Å². The molecule has 2 aromatic carbocycles. The molecule has 2 aromatic rings. The number of amides is 3. The summed E-state index contributed by atoms with van der Waals surface area (Å²) in [6.07, 6.45) is 2.27. The number of anilines is 2. The van der Waals surface area contributed by atoms with Crippen LogP contribution in [0.15, 0.2) is 46.2 Å². The summed E-state index contributed by atoms with van der Waals surface area (Å²) >= 11 is 0. The maximum Gasteiger partial charge on any atom is 1.00 e. The minimum atomic E-state index is -5.00. The number of carbonyl (C=O) groups excluding carboxylic acids is 2. The summed E-state index contributed by atoms with van der Waals surface area (Å²) in [4.78, 5) is 22.2. The van der Waals surface area contributed by atoms with Gasteiger partial charge in [-0.3, -0.25) is 4.79 Å². The topological polar surface area (TPSA) is 194 Å². The van der Waals surface area contributed by atoms with Crippen molar-refractivity contribution in [1.82, 2.24) is 5.32 Å². The Morgan fingerprint density at radius 1 is 0.865 bits per heavy atom. The molecule has 0 aliphatic heterocycles. The molecule has 12 nitrogen and oxygen atoms in total. The molecule has 0 unspecified atom stereocenters. The van der Waals surface area contributed by atoms with Crippen molar-refractivity contribution in [3.05, 3.63) is 47.5 Å². The molecule has 0 atom stereocenters. The molecule has 0 radical (unpaired) electrons. The van der Waals surface area contributed by atoms with Gasteiger partial charge in [0.1, 0.15) is 26.8 Å². The average Bonchev–Trinajstić information content (AvgIpc) is 2.71. The van der Waals surface area contributed by atoms with E-state index in [0.717, 1.165) is 24.3 Å². The standard InChI is InChI=1S/C21H25N3O9S2.2Na/c1-13(2)22-21(26)24-17-9-7-15(19(11-17)35(30,31)32)5-4-14-6-8-16(23-20(25)12-33-3)10-18(14)34(27,28)29;;/h4-11,13H,12H2,1-3H3,(H,23,25)(H2,22,24,26)(H,27,28,29)(H,30,31,32);;/q;2*+1/p-2/b5-4+;;. The molecule has 0 aliphatic carbocycles. The normalized spacial score (nSPS) is 11.4. The minimum Gasteiger partial charge on any atom is -0.744 e. The first-order valence-electron chi connectivity index (χ1n) is 9.95. The number of ether oxygens (including phenoxy) is 1. The summed E-state index contributed by atoms with van der Waals surface area (Å²) in [7, 11) is -8.70. The molecule has 0 aliphatic rings. The molecule has 0 bridgehead atoms. The predicted molar refractivity (Wildman–Crippen MR) is 126 cm³/mol.